The van der Waals surface area contributed by atoms with Crippen LogP contribution in [0, 0.1) is 6.92 Å². The van der Waals surface area contributed by atoms with Crippen LogP contribution in [0.1, 0.15) is 22.8 Å². The molecule has 1 aromatic heterocycles. The minimum absolute atomic E-state index is 0.168. The van der Waals surface area contributed by atoms with E-state index in [4.69, 9.17) is 11.6 Å². The van der Waals surface area contributed by atoms with E-state index in [0.29, 0.717) is 22.1 Å². The minimum atomic E-state index is -0.352. The lowest BCUT2D eigenvalue weighted by Gasteiger charge is -2.13. The molecular weight excluding hydrogens is 406 g/mol. The number of aromatic nitrogens is 1. The number of anilines is 2. The molecule has 2 aromatic carbocycles. The first kappa shape index (κ1) is 20.9. The van der Waals surface area contributed by atoms with E-state index in [1.165, 1.54) is 18.0 Å². The molecule has 0 aliphatic rings. The number of aryl methyl sites for hydroxylation is 1. The van der Waals surface area contributed by atoms with Crippen LogP contribution in [0.3, 0.4) is 0 Å². The number of carbonyl (C=O) groups excluding carboxylic acids is 2. The second kappa shape index (κ2) is 9.58. The van der Waals surface area contributed by atoms with E-state index in [1.807, 2.05) is 56.3 Å². The summed E-state index contributed by atoms with van der Waals surface area (Å²) in [6.45, 7) is 3.76. The van der Waals surface area contributed by atoms with Gasteiger partial charge in [-0.15, -0.1) is 11.8 Å². The first-order chi connectivity index (χ1) is 13.9. The summed E-state index contributed by atoms with van der Waals surface area (Å²) in [6.07, 6.45) is 1.48. The van der Waals surface area contributed by atoms with Gasteiger partial charge >= 0.3 is 0 Å². The number of rotatable bonds is 6. The fourth-order valence-electron chi connectivity index (χ4n) is 2.57. The van der Waals surface area contributed by atoms with E-state index < -0.39 is 0 Å². The number of hydrogen-bond donors (Lipinski definition) is 2. The quantitative estimate of drug-likeness (QED) is 0.517. The summed E-state index contributed by atoms with van der Waals surface area (Å²) in [5.74, 6) is 0.112. The van der Waals surface area contributed by atoms with Gasteiger partial charge in [-0.1, -0.05) is 35.4 Å². The normalized spacial score (nSPS) is 11.6. The predicted octanol–water partition coefficient (Wildman–Crippen LogP) is 5.42. The molecule has 3 aromatic rings. The van der Waals surface area contributed by atoms with Gasteiger partial charge in [0.15, 0.2) is 0 Å². The maximum atomic E-state index is 12.4. The Balaban J connectivity index is 1.62. The molecule has 7 heteroatoms. The molecule has 148 valence electrons. The van der Waals surface area contributed by atoms with Gasteiger partial charge in [-0.05, 0) is 56.3 Å². The van der Waals surface area contributed by atoms with Crippen LogP contribution in [0.2, 0.25) is 5.02 Å². The fourth-order valence-corrected chi connectivity index (χ4v) is 3.61. The average molecular weight is 426 g/mol. The molecule has 2 N–H and O–H groups in total. The number of nitrogens with zero attached hydrogens (tertiary/aromatic N) is 1. The van der Waals surface area contributed by atoms with Gasteiger partial charge in [0.2, 0.25) is 5.91 Å². The fraction of sp³-hybridized carbons (Fsp3) is 0.136. The number of hydrogen-bond acceptors (Lipinski definition) is 4. The second-order valence-corrected chi connectivity index (χ2v) is 8.31. The summed E-state index contributed by atoms with van der Waals surface area (Å²) in [7, 11) is 0. The van der Waals surface area contributed by atoms with Gasteiger partial charge in [-0.2, -0.15) is 0 Å². The number of halogens is 1. The van der Waals surface area contributed by atoms with Crippen LogP contribution >= 0.6 is 23.4 Å². The lowest BCUT2D eigenvalue weighted by atomic mass is 10.1. The van der Waals surface area contributed by atoms with Crippen LogP contribution in [-0.2, 0) is 4.79 Å². The molecule has 0 aliphatic heterocycles. The molecule has 1 atom stereocenters. The van der Waals surface area contributed by atoms with E-state index in [0.717, 1.165) is 10.5 Å². The summed E-state index contributed by atoms with van der Waals surface area (Å²) >= 11 is 7.20. The van der Waals surface area contributed by atoms with Crippen LogP contribution in [0.25, 0.3) is 0 Å². The lowest BCUT2D eigenvalue weighted by Crippen LogP contribution is -2.22. The number of benzene rings is 2. The highest BCUT2D eigenvalue weighted by Crippen LogP contribution is 2.27. The van der Waals surface area contributed by atoms with E-state index in [2.05, 4.69) is 15.6 Å². The zero-order valence-electron chi connectivity index (χ0n) is 16.0. The molecule has 1 heterocycles. The number of carbonyl (C=O) groups is 2. The van der Waals surface area contributed by atoms with Crippen LogP contribution < -0.4 is 10.6 Å². The lowest BCUT2D eigenvalue weighted by molar-refractivity contribution is -0.115. The Labute approximate surface area is 178 Å². The van der Waals surface area contributed by atoms with Crippen molar-refractivity contribution in [1.82, 2.24) is 4.98 Å². The Bertz CT molecular complexity index is 1020. The number of amides is 2. The molecule has 3 rings (SSSR count). The highest BCUT2D eigenvalue weighted by molar-refractivity contribution is 8.00. The molecule has 0 spiro atoms. The Hall–Kier alpha value is -2.83. The van der Waals surface area contributed by atoms with Crippen molar-refractivity contribution in [3.8, 4) is 0 Å². The first-order valence-electron chi connectivity index (χ1n) is 8.98. The highest BCUT2D eigenvalue weighted by Gasteiger charge is 2.15. The van der Waals surface area contributed by atoms with Crippen molar-refractivity contribution in [1.29, 1.82) is 0 Å². The highest BCUT2D eigenvalue weighted by atomic mass is 35.5. The smallest absolute Gasteiger partial charge is 0.255 e. The maximum absolute atomic E-state index is 12.4. The van der Waals surface area contributed by atoms with E-state index >= 15 is 0 Å². The molecule has 0 fully saturated rings. The number of thioether (sulfide) groups is 1. The van der Waals surface area contributed by atoms with Gasteiger partial charge < -0.3 is 10.6 Å². The molecule has 1 unspecified atom stereocenters. The van der Waals surface area contributed by atoms with Crippen molar-refractivity contribution in [2.24, 2.45) is 0 Å². The largest absolute Gasteiger partial charge is 0.322 e. The zero-order chi connectivity index (χ0) is 20.8. The van der Waals surface area contributed by atoms with Crippen molar-refractivity contribution in [2.75, 3.05) is 10.6 Å². The van der Waals surface area contributed by atoms with E-state index in [-0.39, 0.29) is 17.1 Å². The van der Waals surface area contributed by atoms with Crippen LogP contribution in [0.5, 0.6) is 0 Å². The summed E-state index contributed by atoms with van der Waals surface area (Å²) < 4.78 is 0. The minimum Gasteiger partial charge on any atom is -0.322 e. The van der Waals surface area contributed by atoms with Gasteiger partial charge in [0.25, 0.3) is 5.91 Å². The van der Waals surface area contributed by atoms with Crippen molar-refractivity contribution in [3.63, 3.8) is 0 Å². The molecular formula is C22H20ClN3O2S. The number of pyridine rings is 1. The predicted molar refractivity (Wildman–Crippen MR) is 119 cm³/mol. The van der Waals surface area contributed by atoms with Gasteiger partial charge in [0, 0.05) is 22.3 Å². The van der Waals surface area contributed by atoms with Crippen molar-refractivity contribution < 1.29 is 9.59 Å². The van der Waals surface area contributed by atoms with Crippen LogP contribution in [-0.4, -0.2) is 22.0 Å². The van der Waals surface area contributed by atoms with Gasteiger partial charge in [-0.3, -0.25) is 9.59 Å². The summed E-state index contributed by atoms with van der Waals surface area (Å²) in [5.41, 5.74) is 2.30. The summed E-state index contributed by atoms with van der Waals surface area (Å²) in [5, 5.41) is 5.82. The second-order valence-electron chi connectivity index (χ2n) is 6.46. The SMILES string of the molecule is Cc1cccc(C(=O)Nc2cccc(SC(C)C(=O)Nc3ccc(Cl)cn3)c2)c1. The van der Waals surface area contributed by atoms with E-state index in [1.54, 1.807) is 18.2 Å². The third-order valence-electron chi connectivity index (χ3n) is 4.03. The van der Waals surface area contributed by atoms with Gasteiger partial charge in [-0.25, -0.2) is 4.98 Å². The molecule has 0 saturated carbocycles. The molecule has 0 saturated heterocycles. The molecule has 0 radical (unpaired) electrons. The summed E-state index contributed by atoms with van der Waals surface area (Å²) in [6, 6.07) is 18.1. The Morgan fingerprint density at radius 3 is 2.55 bits per heavy atom. The number of nitrogens with one attached hydrogen (secondary N) is 2. The van der Waals surface area contributed by atoms with E-state index in [9.17, 15) is 9.59 Å². The monoisotopic (exact) mass is 425 g/mol. The Morgan fingerprint density at radius 2 is 1.83 bits per heavy atom. The van der Waals surface area contributed by atoms with Crippen LogP contribution in [0.4, 0.5) is 11.5 Å². The molecule has 0 bridgehead atoms. The molecule has 0 aliphatic carbocycles. The van der Waals surface area contributed by atoms with Crippen molar-refractivity contribution >= 4 is 46.7 Å². The molecule has 5 nitrogen and oxygen atoms in total. The molecule has 2 amide bonds. The zero-order valence-corrected chi connectivity index (χ0v) is 17.6. The topological polar surface area (TPSA) is 71.1 Å². The Kier molecular flexibility index (Phi) is 6.90. The Morgan fingerprint density at radius 1 is 1.03 bits per heavy atom. The van der Waals surface area contributed by atoms with Crippen LogP contribution in [0.15, 0.2) is 71.8 Å². The summed E-state index contributed by atoms with van der Waals surface area (Å²) in [4.78, 5) is 29.8. The van der Waals surface area contributed by atoms with Gasteiger partial charge in [0.05, 0.1) is 10.3 Å². The van der Waals surface area contributed by atoms with Crippen molar-refractivity contribution in [2.45, 2.75) is 24.0 Å². The van der Waals surface area contributed by atoms with Crippen molar-refractivity contribution in [3.05, 3.63) is 83.0 Å². The third-order valence-corrected chi connectivity index (χ3v) is 5.35. The maximum Gasteiger partial charge on any atom is 0.255 e. The molecule has 29 heavy (non-hydrogen) atoms. The first-order valence-corrected chi connectivity index (χ1v) is 10.2. The van der Waals surface area contributed by atoms with Gasteiger partial charge in [0.1, 0.15) is 5.82 Å². The average Bonchev–Trinajstić information content (AvgIpc) is 2.70. The standard InChI is InChI=1S/C22H20ClN3O2S/c1-14-5-3-6-16(11-14)22(28)25-18-7-4-8-19(12-18)29-15(2)21(27)26-20-10-9-17(23)13-24-20/h3-13,15H,1-2H3,(H,25,28)(H,24,26,27). The third kappa shape index (κ3) is 6.07.